The molecule has 0 aliphatic carbocycles. The minimum atomic E-state index is -0.216. The van der Waals surface area contributed by atoms with Crippen LogP contribution in [0.4, 0.5) is 10.2 Å². The van der Waals surface area contributed by atoms with Crippen LogP contribution in [0.25, 0.3) is 5.69 Å². The molecule has 3 rings (SSSR count). The summed E-state index contributed by atoms with van der Waals surface area (Å²) in [6, 6.07) is 16.6. The molecule has 8 heteroatoms. The lowest BCUT2D eigenvalue weighted by Gasteiger charge is -2.12. The molecular formula is C24H28FN7. The van der Waals surface area contributed by atoms with Crippen LogP contribution in [-0.4, -0.2) is 35.9 Å². The summed E-state index contributed by atoms with van der Waals surface area (Å²) in [5.74, 6) is 0.835. The zero-order valence-electron chi connectivity index (χ0n) is 18.4. The van der Waals surface area contributed by atoms with Crippen molar-refractivity contribution in [1.82, 2.24) is 20.4 Å². The Morgan fingerprint density at radius 1 is 1.16 bits per heavy atom. The topological polar surface area (TPSA) is 104 Å². The zero-order valence-corrected chi connectivity index (χ0v) is 18.4. The Kier molecular flexibility index (Phi) is 7.81. The normalized spacial score (nSPS) is 11.2. The smallest absolute Gasteiger partial charge is 0.190 e. The largest absolute Gasteiger partial charge is 0.382 e. The van der Waals surface area contributed by atoms with Crippen molar-refractivity contribution < 1.29 is 4.39 Å². The van der Waals surface area contributed by atoms with Gasteiger partial charge in [-0.2, -0.15) is 10.4 Å². The number of nitrogens with zero attached hydrogens (tertiary/aromatic N) is 4. The first-order valence-corrected chi connectivity index (χ1v) is 10.6. The van der Waals surface area contributed by atoms with E-state index in [1.54, 1.807) is 17.8 Å². The number of halogens is 1. The van der Waals surface area contributed by atoms with Gasteiger partial charge < -0.3 is 16.4 Å². The Morgan fingerprint density at radius 2 is 1.91 bits per heavy atom. The third-order valence-corrected chi connectivity index (χ3v) is 5.20. The van der Waals surface area contributed by atoms with Crippen LogP contribution in [0, 0.1) is 24.1 Å². The van der Waals surface area contributed by atoms with E-state index in [4.69, 9.17) is 5.73 Å². The molecule has 3 aromatic rings. The molecule has 0 spiro atoms. The van der Waals surface area contributed by atoms with Crippen LogP contribution in [0.1, 0.15) is 28.8 Å². The summed E-state index contributed by atoms with van der Waals surface area (Å²) >= 11 is 0. The number of nitrogen functional groups attached to an aromatic ring is 1. The highest BCUT2D eigenvalue weighted by atomic mass is 19.1. The summed E-state index contributed by atoms with van der Waals surface area (Å²) in [4.78, 5) is 4.23. The van der Waals surface area contributed by atoms with Gasteiger partial charge in [-0.1, -0.05) is 24.3 Å². The van der Waals surface area contributed by atoms with Crippen molar-refractivity contribution in [1.29, 1.82) is 5.26 Å². The molecule has 0 atom stereocenters. The van der Waals surface area contributed by atoms with Gasteiger partial charge in [0.15, 0.2) is 5.96 Å². The van der Waals surface area contributed by atoms with Crippen molar-refractivity contribution in [3.8, 4) is 11.8 Å². The lowest BCUT2D eigenvalue weighted by atomic mass is 10.1. The molecule has 0 aliphatic rings. The van der Waals surface area contributed by atoms with Gasteiger partial charge in [0.25, 0.3) is 0 Å². The number of hydrogen-bond acceptors (Lipinski definition) is 4. The molecule has 0 amide bonds. The summed E-state index contributed by atoms with van der Waals surface area (Å²) in [5.41, 5.74) is 10.1. The Balaban J connectivity index is 1.49. The number of benzene rings is 2. The molecule has 4 N–H and O–H groups in total. The molecule has 1 aromatic heterocycles. The Morgan fingerprint density at radius 3 is 2.59 bits per heavy atom. The number of nitrogens with two attached hydrogens (primary N) is 1. The average Bonchev–Trinajstić information content (AvgIpc) is 3.12. The highest BCUT2D eigenvalue weighted by molar-refractivity contribution is 5.79. The van der Waals surface area contributed by atoms with E-state index in [-0.39, 0.29) is 5.82 Å². The fourth-order valence-electron chi connectivity index (χ4n) is 3.48. The first kappa shape index (κ1) is 22.8. The van der Waals surface area contributed by atoms with E-state index >= 15 is 0 Å². The van der Waals surface area contributed by atoms with Crippen molar-refractivity contribution in [3.63, 3.8) is 0 Å². The highest BCUT2D eigenvalue weighted by Gasteiger charge is 2.16. The monoisotopic (exact) mass is 433 g/mol. The van der Waals surface area contributed by atoms with Gasteiger partial charge in [0.2, 0.25) is 0 Å². The van der Waals surface area contributed by atoms with E-state index in [1.165, 1.54) is 6.07 Å². The van der Waals surface area contributed by atoms with Gasteiger partial charge >= 0.3 is 0 Å². The predicted molar refractivity (Wildman–Crippen MR) is 125 cm³/mol. The number of aromatic nitrogens is 2. The molecule has 0 fully saturated rings. The quantitative estimate of drug-likeness (QED) is 0.288. The average molecular weight is 434 g/mol. The number of para-hydroxylation sites is 1. The van der Waals surface area contributed by atoms with Crippen LogP contribution >= 0.6 is 0 Å². The number of guanidine groups is 1. The van der Waals surface area contributed by atoms with E-state index in [2.05, 4.69) is 26.8 Å². The second kappa shape index (κ2) is 11.0. The highest BCUT2D eigenvalue weighted by Crippen LogP contribution is 2.21. The van der Waals surface area contributed by atoms with Gasteiger partial charge in [0.05, 0.1) is 11.4 Å². The minimum Gasteiger partial charge on any atom is -0.382 e. The van der Waals surface area contributed by atoms with E-state index in [0.717, 1.165) is 29.7 Å². The van der Waals surface area contributed by atoms with Gasteiger partial charge in [0.1, 0.15) is 23.3 Å². The molecule has 0 saturated heterocycles. The fourth-order valence-corrected chi connectivity index (χ4v) is 3.48. The van der Waals surface area contributed by atoms with Gasteiger partial charge in [0, 0.05) is 20.1 Å². The number of aliphatic imine (C=N–C) groups is 1. The van der Waals surface area contributed by atoms with E-state index < -0.39 is 0 Å². The second-order valence-corrected chi connectivity index (χ2v) is 7.42. The molecule has 0 aliphatic heterocycles. The standard InChI is InChI=1S/C24H28FN7/c1-17-15-19(25)11-10-18(17)12-14-30-24(28-2)29-13-6-9-22-21(16-26)23(27)32(31-22)20-7-4-3-5-8-20/h3-5,7-8,10-11,15H,6,9,12-14,27H2,1-2H3,(H2,28,29,30). The van der Waals surface area contributed by atoms with Crippen LogP contribution in [0.2, 0.25) is 0 Å². The number of anilines is 1. The number of hydrogen-bond donors (Lipinski definition) is 3. The molecule has 7 nitrogen and oxygen atoms in total. The van der Waals surface area contributed by atoms with Crippen LogP contribution in [0.15, 0.2) is 53.5 Å². The van der Waals surface area contributed by atoms with Crippen molar-refractivity contribution in [2.45, 2.75) is 26.2 Å². The maximum absolute atomic E-state index is 13.2. The predicted octanol–water partition coefficient (Wildman–Crippen LogP) is 3.11. The van der Waals surface area contributed by atoms with Crippen LogP contribution < -0.4 is 16.4 Å². The van der Waals surface area contributed by atoms with Crippen LogP contribution in [-0.2, 0) is 12.8 Å². The summed E-state index contributed by atoms with van der Waals surface area (Å²) in [7, 11) is 1.72. The number of aryl methyl sites for hydroxylation is 2. The third kappa shape index (κ3) is 5.64. The first-order chi connectivity index (χ1) is 15.5. The van der Waals surface area contributed by atoms with Crippen LogP contribution in [0.3, 0.4) is 0 Å². The molecule has 2 aromatic carbocycles. The van der Waals surface area contributed by atoms with Crippen LogP contribution in [0.5, 0.6) is 0 Å². The van der Waals surface area contributed by atoms with Crippen molar-refractivity contribution in [3.05, 3.63) is 76.7 Å². The fraction of sp³-hybridized carbons (Fsp3) is 0.292. The van der Waals surface area contributed by atoms with Crippen molar-refractivity contribution in [2.24, 2.45) is 4.99 Å². The summed E-state index contributed by atoms with van der Waals surface area (Å²) in [5, 5.41) is 20.6. The Labute approximate surface area is 187 Å². The van der Waals surface area contributed by atoms with Gasteiger partial charge in [-0.15, -0.1) is 0 Å². The number of nitriles is 1. The first-order valence-electron chi connectivity index (χ1n) is 10.6. The maximum Gasteiger partial charge on any atom is 0.190 e. The van der Waals surface area contributed by atoms with E-state index in [1.807, 2.05) is 43.3 Å². The Bertz CT molecular complexity index is 1110. The lowest BCUT2D eigenvalue weighted by molar-refractivity contribution is 0.625. The van der Waals surface area contributed by atoms with Gasteiger partial charge in [-0.05, 0) is 61.6 Å². The maximum atomic E-state index is 13.2. The molecule has 0 radical (unpaired) electrons. The van der Waals surface area contributed by atoms with Crippen molar-refractivity contribution >= 4 is 11.8 Å². The Hall–Kier alpha value is -3.86. The molecule has 0 bridgehead atoms. The SMILES string of the molecule is CN=C(NCCCc1nn(-c2ccccc2)c(N)c1C#N)NCCc1ccc(F)cc1C. The third-order valence-electron chi connectivity index (χ3n) is 5.20. The molecule has 1 heterocycles. The minimum absolute atomic E-state index is 0.216. The number of nitrogens with one attached hydrogen (secondary N) is 2. The second-order valence-electron chi connectivity index (χ2n) is 7.42. The molecule has 166 valence electrons. The number of rotatable bonds is 8. The van der Waals surface area contributed by atoms with E-state index in [0.29, 0.717) is 42.5 Å². The molecule has 32 heavy (non-hydrogen) atoms. The zero-order chi connectivity index (χ0) is 22.9. The molecule has 0 unspecified atom stereocenters. The lowest BCUT2D eigenvalue weighted by Crippen LogP contribution is -2.38. The molecular weight excluding hydrogens is 405 g/mol. The van der Waals surface area contributed by atoms with Gasteiger partial charge in [-0.25, -0.2) is 9.07 Å². The van der Waals surface area contributed by atoms with Gasteiger partial charge in [-0.3, -0.25) is 4.99 Å². The summed E-state index contributed by atoms with van der Waals surface area (Å²) in [6.45, 7) is 3.26. The summed E-state index contributed by atoms with van der Waals surface area (Å²) in [6.07, 6.45) is 2.15. The molecule has 0 saturated carbocycles. The van der Waals surface area contributed by atoms with E-state index in [9.17, 15) is 9.65 Å². The van der Waals surface area contributed by atoms with Crippen molar-refractivity contribution in [2.75, 3.05) is 25.9 Å². The summed E-state index contributed by atoms with van der Waals surface area (Å²) < 4.78 is 14.8.